The Morgan fingerprint density at radius 2 is 2.40 bits per heavy atom. The van der Waals surface area contributed by atoms with Gasteiger partial charge in [-0.1, -0.05) is 6.07 Å². The first-order valence-electron chi connectivity index (χ1n) is 2.69. The fourth-order valence-electron chi connectivity index (χ4n) is 0.594. The molecule has 1 rings (SSSR count). The molecule has 0 radical (unpaired) electrons. The Labute approximate surface area is 65.5 Å². The number of hydrogen-bond donors (Lipinski definition) is 2. The number of hydrogen-bond acceptors (Lipinski definition) is 3. The monoisotopic (exact) mass is 160 g/mol. The van der Waals surface area contributed by atoms with Gasteiger partial charge in [0.15, 0.2) is 0 Å². The fraction of sp³-hybridized carbons (Fsp3) is 0.167. The first kappa shape index (κ1) is 9.36. The van der Waals surface area contributed by atoms with Gasteiger partial charge in [-0.15, -0.1) is 12.4 Å². The zero-order chi connectivity index (χ0) is 6.53. The number of hydroxylamine groups is 1. The minimum absolute atomic E-state index is 0. The van der Waals surface area contributed by atoms with Crippen molar-refractivity contribution >= 4 is 12.4 Å². The highest BCUT2D eigenvalue weighted by atomic mass is 35.5. The summed E-state index contributed by atoms with van der Waals surface area (Å²) in [4.78, 5) is 3.85. The van der Waals surface area contributed by atoms with E-state index in [2.05, 4.69) is 4.98 Å². The molecule has 1 aromatic heterocycles. The lowest BCUT2D eigenvalue weighted by molar-refractivity contribution is 0.161. The van der Waals surface area contributed by atoms with Crippen molar-refractivity contribution in [3.8, 4) is 0 Å². The maximum Gasteiger partial charge on any atom is 0.0473 e. The SMILES string of the molecule is Cl.ONCc1cccnc1. The summed E-state index contributed by atoms with van der Waals surface area (Å²) in [6.07, 6.45) is 3.39. The highest BCUT2D eigenvalue weighted by Gasteiger charge is 1.85. The fourth-order valence-corrected chi connectivity index (χ4v) is 0.594. The molecule has 0 spiro atoms. The molecule has 0 unspecified atom stereocenters. The number of pyridine rings is 1. The van der Waals surface area contributed by atoms with Crippen molar-refractivity contribution in [3.05, 3.63) is 30.1 Å². The van der Waals surface area contributed by atoms with Gasteiger partial charge in [0.2, 0.25) is 0 Å². The van der Waals surface area contributed by atoms with Gasteiger partial charge in [-0.2, -0.15) is 0 Å². The average Bonchev–Trinajstić information content (AvgIpc) is 1.91. The third-order valence-electron chi connectivity index (χ3n) is 1.01. The lowest BCUT2D eigenvalue weighted by Gasteiger charge is -1.94. The van der Waals surface area contributed by atoms with Crippen LogP contribution in [0.5, 0.6) is 0 Å². The van der Waals surface area contributed by atoms with Gasteiger partial charge >= 0.3 is 0 Å². The van der Waals surface area contributed by atoms with Gasteiger partial charge in [-0.3, -0.25) is 4.98 Å². The smallest absolute Gasteiger partial charge is 0.0473 e. The first-order chi connectivity index (χ1) is 4.43. The lowest BCUT2D eigenvalue weighted by Crippen LogP contribution is -2.05. The molecule has 0 aliphatic carbocycles. The van der Waals surface area contributed by atoms with Crippen LogP contribution in [0.25, 0.3) is 0 Å². The molecule has 1 heterocycles. The summed E-state index contributed by atoms with van der Waals surface area (Å²) in [5.74, 6) is 0. The van der Waals surface area contributed by atoms with Crippen LogP contribution in [-0.4, -0.2) is 10.2 Å². The molecule has 0 atom stereocenters. The Balaban J connectivity index is 0.000000810. The van der Waals surface area contributed by atoms with Crippen molar-refractivity contribution in [2.45, 2.75) is 6.54 Å². The van der Waals surface area contributed by atoms with Gasteiger partial charge in [0.25, 0.3) is 0 Å². The van der Waals surface area contributed by atoms with E-state index in [9.17, 15) is 0 Å². The topological polar surface area (TPSA) is 45.1 Å². The van der Waals surface area contributed by atoms with E-state index in [1.54, 1.807) is 12.4 Å². The summed E-state index contributed by atoms with van der Waals surface area (Å²) < 4.78 is 0. The summed E-state index contributed by atoms with van der Waals surface area (Å²) in [5, 5.41) is 8.24. The van der Waals surface area contributed by atoms with Crippen molar-refractivity contribution in [1.82, 2.24) is 10.5 Å². The summed E-state index contributed by atoms with van der Waals surface area (Å²) in [5.41, 5.74) is 3.02. The van der Waals surface area contributed by atoms with E-state index in [1.165, 1.54) is 0 Å². The van der Waals surface area contributed by atoms with Gasteiger partial charge in [0.1, 0.15) is 0 Å². The van der Waals surface area contributed by atoms with Crippen molar-refractivity contribution < 1.29 is 5.21 Å². The van der Waals surface area contributed by atoms with Crippen LogP contribution < -0.4 is 5.48 Å². The lowest BCUT2D eigenvalue weighted by atomic mass is 10.3. The molecular weight excluding hydrogens is 152 g/mol. The molecule has 2 N–H and O–H groups in total. The molecular formula is C6H9ClN2O. The van der Waals surface area contributed by atoms with Crippen LogP contribution in [0.3, 0.4) is 0 Å². The van der Waals surface area contributed by atoms with E-state index in [0.717, 1.165) is 5.56 Å². The largest absolute Gasteiger partial charge is 0.316 e. The minimum Gasteiger partial charge on any atom is -0.316 e. The van der Waals surface area contributed by atoms with Crippen molar-refractivity contribution in [2.75, 3.05) is 0 Å². The molecule has 0 fully saturated rings. The average molecular weight is 161 g/mol. The van der Waals surface area contributed by atoms with E-state index in [1.807, 2.05) is 17.6 Å². The van der Waals surface area contributed by atoms with E-state index in [0.29, 0.717) is 6.54 Å². The second-order valence-electron chi connectivity index (χ2n) is 1.70. The van der Waals surface area contributed by atoms with E-state index in [-0.39, 0.29) is 12.4 Å². The van der Waals surface area contributed by atoms with Crippen LogP contribution in [0.2, 0.25) is 0 Å². The van der Waals surface area contributed by atoms with Gasteiger partial charge in [0, 0.05) is 18.9 Å². The molecule has 10 heavy (non-hydrogen) atoms. The predicted molar refractivity (Wildman–Crippen MR) is 40.1 cm³/mol. The molecule has 0 aliphatic rings. The number of rotatable bonds is 2. The molecule has 3 nitrogen and oxygen atoms in total. The number of nitrogens with one attached hydrogen (secondary N) is 1. The third kappa shape index (κ3) is 2.77. The van der Waals surface area contributed by atoms with Gasteiger partial charge in [0.05, 0.1) is 0 Å². The summed E-state index contributed by atoms with van der Waals surface area (Å²) >= 11 is 0. The predicted octanol–water partition coefficient (Wildman–Crippen LogP) is 0.982. The molecule has 0 saturated carbocycles. The number of nitrogens with zero attached hydrogens (tertiary/aromatic N) is 1. The van der Waals surface area contributed by atoms with Gasteiger partial charge in [-0.05, 0) is 11.6 Å². The number of aromatic nitrogens is 1. The highest BCUT2D eigenvalue weighted by Crippen LogP contribution is 1.92. The van der Waals surface area contributed by atoms with Gasteiger partial charge in [-0.25, -0.2) is 5.48 Å². The summed E-state index contributed by atoms with van der Waals surface area (Å²) in [7, 11) is 0. The van der Waals surface area contributed by atoms with Gasteiger partial charge < -0.3 is 5.21 Å². The van der Waals surface area contributed by atoms with Crippen molar-refractivity contribution in [1.29, 1.82) is 0 Å². The summed E-state index contributed by atoms with van der Waals surface area (Å²) in [6, 6.07) is 3.71. The Morgan fingerprint density at radius 1 is 1.60 bits per heavy atom. The van der Waals surface area contributed by atoms with Crippen molar-refractivity contribution in [2.24, 2.45) is 0 Å². The van der Waals surface area contributed by atoms with Crippen molar-refractivity contribution in [3.63, 3.8) is 0 Å². The summed E-state index contributed by atoms with van der Waals surface area (Å²) in [6.45, 7) is 0.452. The normalized spacial score (nSPS) is 8.50. The van der Waals surface area contributed by atoms with E-state index < -0.39 is 0 Å². The Morgan fingerprint density at radius 3 is 2.90 bits per heavy atom. The quantitative estimate of drug-likeness (QED) is 0.634. The van der Waals surface area contributed by atoms with Crippen LogP contribution >= 0.6 is 12.4 Å². The minimum atomic E-state index is 0. The highest BCUT2D eigenvalue weighted by molar-refractivity contribution is 5.85. The molecule has 0 amide bonds. The Hall–Kier alpha value is -0.640. The van der Waals surface area contributed by atoms with Crippen LogP contribution in [0.15, 0.2) is 24.5 Å². The van der Waals surface area contributed by atoms with Crippen LogP contribution in [0, 0.1) is 0 Å². The second kappa shape index (κ2) is 5.17. The molecule has 0 aromatic carbocycles. The van der Waals surface area contributed by atoms with Crippen LogP contribution in [0.4, 0.5) is 0 Å². The zero-order valence-corrected chi connectivity index (χ0v) is 6.14. The molecule has 56 valence electrons. The maximum absolute atomic E-state index is 8.24. The molecule has 0 bridgehead atoms. The third-order valence-corrected chi connectivity index (χ3v) is 1.01. The molecule has 4 heteroatoms. The first-order valence-corrected chi connectivity index (χ1v) is 2.69. The second-order valence-corrected chi connectivity index (χ2v) is 1.70. The van der Waals surface area contributed by atoms with E-state index in [4.69, 9.17) is 5.21 Å². The van der Waals surface area contributed by atoms with Crippen LogP contribution in [-0.2, 0) is 6.54 Å². The zero-order valence-electron chi connectivity index (χ0n) is 5.32. The Bertz CT molecular complexity index is 169. The van der Waals surface area contributed by atoms with Crippen LogP contribution in [0.1, 0.15) is 5.56 Å². The maximum atomic E-state index is 8.24. The Kier molecular flexibility index (Phi) is 4.84. The molecule has 0 saturated heterocycles. The molecule has 1 aromatic rings. The van der Waals surface area contributed by atoms with E-state index >= 15 is 0 Å². The molecule has 0 aliphatic heterocycles. The standard InChI is InChI=1S/C6H8N2O.ClH/c9-8-5-6-2-1-3-7-4-6;/h1-4,8-9H,5H2;1H. The number of halogens is 1.